The van der Waals surface area contributed by atoms with Gasteiger partial charge in [-0.3, -0.25) is 0 Å². The maximum absolute atomic E-state index is 2.79. The first-order valence-electron chi connectivity index (χ1n) is 17.5. The Labute approximate surface area is 245 Å². The molecule has 232 valence electrons. The summed E-state index contributed by atoms with van der Waals surface area (Å²) in [5.74, 6) is 0. The third kappa shape index (κ3) is 16.7. The largest absolute Gasteiger partial charge is 0.301 e. The molecular formula is C33H70N6. The highest BCUT2D eigenvalue weighted by atomic mass is 15.3. The van der Waals surface area contributed by atoms with Crippen molar-refractivity contribution in [3.63, 3.8) is 0 Å². The summed E-state index contributed by atoms with van der Waals surface area (Å²) in [7, 11) is 0. The fourth-order valence-corrected chi connectivity index (χ4v) is 6.08. The van der Waals surface area contributed by atoms with Crippen LogP contribution < -0.4 is 0 Å². The fraction of sp³-hybridized carbons (Fsp3) is 1.00. The average molecular weight is 551 g/mol. The highest BCUT2D eigenvalue weighted by molar-refractivity contribution is 4.74. The van der Waals surface area contributed by atoms with Crippen molar-refractivity contribution in [1.82, 2.24) is 29.4 Å². The lowest BCUT2D eigenvalue weighted by Crippen LogP contribution is -2.37. The highest BCUT2D eigenvalue weighted by Gasteiger charge is 2.17. The maximum atomic E-state index is 2.79. The van der Waals surface area contributed by atoms with Gasteiger partial charge in [-0.15, -0.1) is 0 Å². The molecule has 0 aromatic carbocycles. The lowest BCUT2D eigenvalue weighted by Gasteiger charge is -2.27. The van der Waals surface area contributed by atoms with Crippen molar-refractivity contribution in [3.8, 4) is 0 Å². The highest BCUT2D eigenvalue weighted by Crippen LogP contribution is 2.09. The van der Waals surface area contributed by atoms with E-state index in [4.69, 9.17) is 0 Å². The first-order valence-corrected chi connectivity index (χ1v) is 17.5. The zero-order chi connectivity index (χ0) is 28.0. The number of hydrogen-bond acceptors (Lipinski definition) is 6. The Kier molecular flexibility index (Phi) is 20.9. The molecule has 2 heterocycles. The Morgan fingerprint density at radius 1 is 0.256 bits per heavy atom. The van der Waals surface area contributed by atoms with Crippen molar-refractivity contribution in [3.05, 3.63) is 0 Å². The minimum atomic E-state index is 1.26. The molecule has 6 heteroatoms. The zero-order valence-electron chi connectivity index (χ0n) is 27.2. The second-order valence-corrected chi connectivity index (χ2v) is 12.5. The molecule has 2 rings (SSSR count). The predicted molar refractivity (Wildman–Crippen MR) is 172 cm³/mol. The van der Waals surface area contributed by atoms with Gasteiger partial charge < -0.3 is 29.4 Å². The van der Waals surface area contributed by atoms with Crippen LogP contribution in [-0.4, -0.2) is 147 Å². The van der Waals surface area contributed by atoms with Gasteiger partial charge in [0.15, 0.2) is 0 Å². The molecule has 0 N–H and O–H groups in total. The van der Waals surface area contributed by atoms with E-state index in [1.165, 1.54) is 188 Å². The molecule has 2 aliphatic heterocycles. The van der Waals surface area contributed by atoms with Crippen molar-refractivity contribution in [2.75, 3.05) is 118 Å². The summed E-state index contributed by atoms with van der Waals surface area (Å²) in [5, 5.41) is 0. The predicted octanol–water partition coefficient (Wildman–Crippen LogP) is 5.20. The summed E-state index contributed by atoms with van der Waals surface area (Å²) in [6, 6.07) is 0. The van der Waals surface area contributed by atoms with E-state index in [-0.39, 0.29) is 0 Å². The van der Waals surface area contributed by atoms with E-state index in [0.29, 0.717) is 0 Å². The van der Waals surface area contributed by atoms with Crippen LogP contribution in [0.4, 0.5) is 0 Å². The van der Waals surface area contributed by atoms with Crippen molar-refractivity contribution in [1.29, 1.82) is 0 Å². The number of rotatable bonds is 18. The van der Waals surface area contributed by atoms with E-state index in [9.17, 15) is 0 Å². The quantitative estimate of drug-likeness (QED) is 0.217. The van der Waals surface area contributed by atoms with Crippen molar-refractivity contribution >= 4 is 0 Å². The van der Waals surface area contributed by atoms with Gasteiger partial charge in [0.05, 0.1) is 0 Å². The molecule has 0 radical (unpaired) electrons. The molecule has 0 amide bonds. The smallest absolute Gasteiger partial charge is 0.0110 e. The molecule has 0 aromatic rings. The Hall–Kier alpha value is -0.240. The molecule has 39 heavy (non-hydrogen) atoms. The summed E-state index contributed by atoms with van der Waals surface area (Å²) < 4.78 is 0. The number of nitrogens with zero attached hydrogens (tertiary/aromatic N) is 6. The van der Waals surface area contributed by atoms with Crippen molar-refractivity contribution in [2.45, 2.75) is 98.3 Å². The second kappa shape index (κ2) is 23.3. The molecule has 2 aliphatic rings. The van der Waals surface area contributed by atoms with Gasteiger partial charge >= 0.3 is 0 Å². The molecule has 0 atom stereocenters. The zero-order valence-corrected chi connectivity index (χ0v) is 27.2. The van der Waals surface area contributed by atoms with Gasteiger partial charge in [0.25, 0.3) is 0 Å². The van der Waals surface area contributed by atoms with E-state index in [0.717, 1.165) is 0 Å². The molecule has 0 aliphatic carbocycles. The van der Waals surface area contributed by atoms with Gasteiger partial charge in [0, 0.05) is 78.5 Å². The number of unbranched alkanes of at least 4 members (excludes halogenated alkanes) is 6. The third-order valence-electron chi connectivity index (χ3n) is 9.15. The minimum absolute atomic E-state index is 1.26. The fourth-order valence-electron chi connectivity index (χ4n) is 6.08. The lowest BCUT2D eigenvalue weighted by atomic mass is 10.2. The second-order valence-electron chi connectivity index (χ2n) is 12.5. The van der Waals surface area contributed by atoms with Crippen LogP contribution in [0.5, 0.6) is 0 Å². The Balaban J connectivity index is 1.77. The SMILES string of the molecule is CCCCN1CCN(CCCC)CCN(CCCCCN2CCN(CCCC)CCN(CCCC)CC2)CC1. The van der Waals surface area contributed by atoms with Gasteiger partial charge in [-0.25, -0.2) is 0 Å². The summed E-state index contributed by atoms with van der Waals surface area (Å²) >= 11 is 0. The topological polar surface area (TPSA) is 19.4 Å². The molecule has 0 aromatic heterocycles. The van der Waals surface area contributed by atoms with Gasteiger partial charge in [0.1, 0.15) is 0 Å². The van der Waals surface area contributed by atoms with E-state index in [1.807, 2.05) is 0 Å². The normalized spacial score (nSPS) is 21.2. The summed E-state index contributed by atoms with van der Waals surface area (Å²) in [6.07, 6.45) is 14.7. The Morgan fingerprint density at radius 3 is 0.615 bits per heavy atom. The Morgan fingerprint density at radius 2 is 0.436 bits per heavy atom. The van der Waals surface area contributed by atoms with Gasteiger partial charge in [-0.2, -0.15) is 0 Å². The average Bonchev–Trinajstić information content (AvgIpc) is 3.11. The van der Waals surface area contributed by atoms with Crippen molar-refractivity contribution < 1.29 is 0 Å². The van der Waals surface area contributed by atoms with E-state index in [1.54, 1.807) is 0 Å². The number of hydrogen-bond donors (Lipinski definition) is 0. The summed E-state index contributed by atoms with van der Waals surface area (Å²) in [5.41, 5.74) is 0. The molecule has 6 nitrogen and oxygen atoms in total. The van der Waals surface area contributed by atoms with Crippen molar-refractivity contribution in [2.24, 2.45) is 0 Å². The van der Waals surface area contributed by atoms with E-state index in [2.05, 4.69) is 57.1 Å². The molecular weight excluding hydrogens is 480 g/mol. The standard InChI is InChI=1S/C33H70N6/c1-5-9-16-34-22-23-35(17-10-6-2)27-31-38(30-26-34)20-14-13-15-21-39-32-28-36(18-11-7-3)24-25-37(29-33-39)19-12-8-4/h5-33H2,1-4H3. The maximum Gasteiger partial charge on any atom is 0.0110 e. The van der Waals surface area contributed by atoms with Crippen LogP contribution in [0.3, 0.4) is 0 Å². The van der Waals surface area contributed by atoms with E-state index >= 15 is 0 Å². The first-order chi connectivity index (χ1) is 19.2. The molecule has 2 saturated heterocycles. The van der Waals surface area contributed by atoms with Crippen LogP contribution in [0.2, 0.25) is 0 Å². The van der Waals surface area contributed by atoms with E-state index < -0.39 is 0 Å². The summed E-state index contributed by atoms with van der Waals surface area (Å²) in [6.45, 7) is 32.2. The third-order valence-corrected chi connectivity index (χ3v) is 9.15. The molecule has 0 unspecified atom stereocenters. The van der Waals surface area contributed by atoms with Crippen LogP contribution in [0.25, 0.3) is 0 Å². The van der Waals surface area contributed by atoms with Gasteiger partial charge in [-0.05, 0) is 77.8 Å². The first kappa shape index (κ1) is 35.0. The monoisotopic (exact) mass is 551 g/mol. The Bertz CT molecular complexity index is 460. The van der Waals surface area contributed by atoms with Gasteiger partial charge in [0.2, 0.25) is 0 Å². The van der Waals surface area contributed by atoms with Crippen LogP contribution in [0.15, 0.2) is 0 Å². The molecule has 2 fully saturated rings. The molecule has 0 bridgehead atoms. The van der Waals surface area contributed by atoms with Crippen LogP contribution in [0.1, 0.15) is 98.3 Å². The van der Waals surface area contributed by atoms with Gasteiger partial charge in [-0.1, -0.05) is 59.8 Å². The minimum Gasteiger partial charge on any atom is -0.301 e. The molecule has 0 spiro atoms. The van der Waals surface area contributed by atoms with Crippen LogP contribution in [-0.2, 0) is 0 Å². The van der Waals surface area contributed by atoms with Crippen LogP contribution >= 0.6 is 0 Å². The summed E-state index contributed by atoms with van der Waals surface area (Å²) in [4.78, 5) is 16.6. The molecule has 0 saturated carbocycles. The van der Waals surface area contributed by atoms with Crippen LogP contribution in [0, 0.1) is 0 Å². The lowest BCUT2D eigenvalue weighted by molar-refractivity contribution is 0.203.